The molecule has 2 aromatic rings. The van der Waals surface area contributed by atoms with Crippen molar-refractivity contribution in [2.75, 3.05) is 0 Å². The molecule has 2 unspecified atom stereocenters. The summed E-state index contributed by atoms with van der Waals surface area (Å²) in [7, 11) is 5.61. The van der Waals surface area contributed by atoms with Crippen LogP contribution in [0.15, 0.2) is 36.4 Å². The predicted octanol–water partition coefficient (Wildman–Crippen LogP) is 4.83. The smallest absolute Gasteiger partial charge is 0.490 e. The maximum atomic E-state index is 5.88. The minimum Gasteiger partial charge on any atom is -0.490 e. The number of hydrogen-bond acceptors (Lipinski definition) is 2. The van der Waals surface area contributed by atoms with Crippen LogP contribution in [0.2, 0.25) is 0 Å². The number of ether oxygens (including phenoxy) is 2. The van der Waals surface area contributed by atoms with Crippen LogP contribution in [0.1, 0.15) is 27.7 Å². The molecule has 0 fully saturated rings. The molecule has 0 spiro atoms. The summed E-state index contributed by atoms with van der Waals surface area (Å²) in [5, 5.41) is 2.14. The van der Waals surface area contributed by atoms with Crippen LogP contribution in [-0.2, 0) is 19.5 Å². The molecule has 0 aliphatic rings. The molecule has 2 rings (SSSR count). The van der Waals surface area contributed by atoms with Gasteiger partial charge in [0, 0.05) is 10.6 Å². The SMILES string of the molecule is CC(C)Oc1cccc(-c2cccc(OC(C)C)c2P)c1P.[CH3-].[CH3-].[Rh+3]. The molecule has 2 nitrogen and oxygen atoms in total. The Balaban J connectivity index is 0. The van der Waals surface area contributed by atoms with Crippen LogP contribution >= 0.6 is 18.5 Å². The fourth-order valence-electron chi connectivity index (χ4n) is 2.27. The minimum atomic E-state index is 0. The van der Waals surface area contributed by atoms with Gasteiger partial charge in [-0.2, -0.15) is 0 Å². The van der Waals surface area contributed by atoms with E-state index in [1.54, 1.807) is 0 Å². The molecular formula is C20H30O2P2Rh+. The van der Waals surface area contributed by atoms with Crippen molar-refractivity contribution in [2.45, 2.75) is 39.9 Å². The van der Waals surface area contributed by atoms with Gasteiger partial charge >= 0.3 is 19.5 Å². The average Bonchev–Trinajstić information content (AvgIpc) is 2.43. The van der Waals surface area contributed by atoms with Gasteiger partial charge in [-0.05, 0) is 51.0 Å². The zero-order valence-electron chi connectivity index (χ0n) is 15.9. The third kappa shape index (κ3) is 6.98. The largest absolute Gasteiger partial charge is 3.00 e. The van der Waals surface area contributed by atoms with Crippen molar-refractivity contribution >= 4 is 29.1 Å². The topological polar surface area (TPSA) is 18.5 Å². The van der Waals surface area contributed by atoms with E-state index >= 15 is 0 Å². The Morgan fingerprint density at radius 2 is 1.00 bits per heavy atom. The van der Waals surface area contributed by atoms with Crippen LogP contribution in [0.25, 0.3) is 11.1 Å². The van der Waals surface area contributed by atoms with Crippen LogP contribution in [0.4, 0.5) is 0 Å². The summed E-state index contributed by atoms with van der Waals surface area (Å²) in [5.41, 5.74) is 2.28. The summed E-state index contributed by atoms with van der Waals surface area (Å²) >= 11 is 0. The molecule has 0 aliphatic carbocycles. The van der Waals surface area contributed by atoms with Crippen LogP contribution in [0, 0.1) is 14.9 Å². The van der Waals surface area contributed by atoms with E-state index in [0.29, 0.717) is 0 Å². The second kappa shape index (κ2) is 12.0. The second-order valence-electron chi connectivity index (χ2n) is 5.77. The van der Waals surface area contributed by atoms with Crippen molar-refractivity contribution in [2.24, 2.45) is 0 Å². The molecule has 0 saturated heterocycles. The van der Waals surface area contributed by atoms with Crippen molar-refractivity contribution in [1.29, 1.82) is 0 Å². The number of benzene rings is 2. The van der Waals surface area contributed by atoms with E-state index in [0.717, 1.165) is 33.2 Å². The Labute approximate surface area is 171 Å². The summed E-state index contributed by atoms with van der Waals surface area (Å²) in [6.45, 7) is 8.15. The third-order valence-electron chi connectivity index (χ3n) is 3.15. The van der Waals surface area contributed by atoms with Crippen molar-refractivity contribution in [3.63, 3.8) is 0 Å². The molecule has 140 valence electrons. The molecule has 2 atom stereocenters. The van der Waals surface area contributed by atoms with Crippen molar-refractivity contribution in [3.05, 3.63) is 51.3 Å². The average molecular weight is 467 g/mol. The predicted molar refractivity (Wildman–Crippen MR) is 115 cm³/mol. The van der Waals surface area contributed by atoms with E-state index in [1.807, 2.05) is 52.0 Å². The van der Waals surface area contributed by atoms with Crippen molar-refractivity contribution < 1.29 is 29.0 Å². The summed E-state index contributed by atoms with van der Waals surface area (Å²) in [5.74, 6) is 1.80. The van der Waals surface area contributed by atoms with Gasteiger partial charge in [0.1, 0.15) is 11.5 Å². The fourth-order valence-corrected chi connectivity index (χ4v) is 3.10. The first-order valence-corrected chi connectivity index (χ1v) is 8.66. The first-order valence-electron chi connectivity index (χ1n) is 7.50. The molecule has 0 heterocycles. The molecule has 0 aliphatic heterocycles. The van der Waals surface area contributed by atoms with Crippen molar-refractivity contribution in [3.8, 4) is 22.6 Å². The molecule has 5 heteroatoms. The molecule has 25 heavy (non-hydrogen) atoms. The molecule has 2 aromatic carbocycles. The zero-order chi connectivity index (χ0) is 16.3. The van der Waals surface area contributed by atoms with E-state index in [9.17, 15) is 0 Å². The molecule has 0 aromatic heterocycles. The summed E-state index contributed by atoms with van der Waals surface area (Å²) < 4.78 is 11.8. The maximum Gasteiger partial charge on any atom is 3.00 e. The standard InChI is InChI=1S/C18H24O2P2.2CH3.Rh/c1-11(2)19-15-9-5-7-13(17(15)21)14-8-6-10-16(18(14)22)20-12(3)4;;;/h5-12H,21-22H2,1-4H3;2*1H3;/q;2*-1;+3. The number of hydrogen-bond donors (Lipinski definition) is 0. The van der Waals surface area contributed by atoms with Crippen LogP contribution < -0.4 is 20.1 Å². The van der Waals surface area contributed by atoms with Gasteiger partial charge in [0.25, 0.3) is 0 Å². The zero-order valence-corrected chi connectivity index (χ0v) is 19.9. The van der Waals surface area contributed by atoms with Gasteiger partial charge in [-0.25, -0.2) is 0 Å². The maximum absolute atomic E-state index is 5.88. The Kier molecular flexibility index (Phi) is 12.8. The molecular weight excluding hydrogens is 437 g/mol. The van der Waals surface area contributed by atoms with Gasteiger partial charge in [-0.3, -0.25) is 0 Å². The van der Waals surface area contributed by atoms with Gasteiger partial charge < -0.3 is 24.3 Å². The Morgan fingerprint density at radius 3 is 1.28 bits per heavy atom. The Hall–Kier alpha value is -0.477. The van der Waals surface area contributed by atoms with Crippen LogP contribution in [0.5, 0.6) is 11.5 Å². The normalized spacial score (nSPS) is 9.76. The second-order valence-corrected chi connectivity index (χ2v) is 6.92. The Bertz CT molecular complexity index is 601. The summed E-state index contributed by atoms with van der Waals surface area (Å²) in [4.78, 5) is 0. The molecule has 0 amide bonds. The van der Waals surface area contributed by atoms with E-state index in [4.69, 9.17) is 9.47 Å². The molecule has 0 bridgehead atoms. The van der Waals surface area contributed by atoms with E-state index in [2.05, 4.69) is 30.6 Å². The summed E-state index contributed by atoms with van der Waals surface area (Å²) in [6, 6.07) is 12.3. The van der Waals surface area contributed by atoms with Crippen LogP contribution in [0.3, 0.4) is 0 Å². The van der Waals surface area contributed by atoms with Gasteiger partial charge in [-0.1, -0.05) is 24.3 Å². The van der Waals surface area contributed by atoms with Gasteiger partial charge in [0.2, 0.25) is 0 Å². The van der Waals surface area contributed by atoms with Gasteiger partial charge in [0.05, 0.1) is 12.2 Å². The monoisotopic (exact) mass is 467 g/mol. The molecule has 0 saturated carbocycles. The fraction of sp³-hybridized carbons (Fsp3) is 0.300. The quantitative estimate of drug-likeness (QED) is 0.357. The number of rotatable bonds is 5. The van der Waals surface area contributed by atoms with Gasteiger partial charge in [-0.15, -0.1) is 18.5 Å². The first-order chi connectivity index (χ1) is 10.4. The van der Waals surface area contributed by atoms with Crippen LogP contribution in [-0.4, -0.2) is 12.2 Å². The van der Waals surface area contributed by atoms with Gasteiger partial charge in [0.15, 0.2) is 0 Å². The summed E-state index contributed by atoms with van der Waals surface area (Å²) in [6.07, 6.45) is 0.307. The van der Waals surface area contributed by atoms with E-state index in [1.165, 1.54) is 0 Å². The minimum absolute atomic E-state index is 0. The molecule has 0 radical (unpaired) electrons. The van der Waals surface area contributed by atoms with Crippen molar-refractivity contribution in [1.82, 2.24) is 0 Å². The first kappa shape index (κ1) is 26.7. The van der Waals surface area contributed by atoms with E-state index < -0.39 is 0 Å². The third-order valence-corrected chi connectivity index (χ3v) is 4.34. The van der Waals surface area contributed by atoms with E-state index in [-0.39, 0.29) is 46.5 Å². The Morgan fingerprint density at radius 1 is 0.680 bits per heavy atom. The molecule has 0 N–H and O–H groups in total.